The number of aryl methyl sites for hydroxylation is 3. The van der Waals surface area contributed by atoms with Crippen molar-refractivity contribution in [2.45, 2.75) is 44.9 Å². The number of benzene rings is 2. The van der Waals surface area contributed by atoms with Crippen LogP contribution in [-0.2, 0) is 22.5 Å². The molecular weight excluding hydrogens is 462 g/mol. The van der Waals surface area contributed by atoms with E-state index in [-0.39, 0.29) is 10.8 Å². The van der Waals surface area contributed by atoms with Crippen molar-refractivity contribution in [1.82, 2.24) is 19.7 Å². The lowest BCUT2D eigenvalue weighted by atomic mass is 9.84. The van der Waals surface area contributed by atoms with Crippen LogP contribution in [0.4, 0.5) is 5.95 Å². The highest BCUT2D eigenvalue weighted by Crippen LogP contribution is 2.41. The van der Waals surface area contributed by atoms with Crippen LogP contribution in [0.25, 0.3) is 11.3 Å². The van der Waals surface area contributed by atoms with Crippen molar-refractivity contribution in [3.8, 4) is 22.9 Å². The Morgan fingerprint density at radius 2 is 1.60 bits per heavy atom. The molecule has 8 nitrogen and oxygen atoms in total. The van der Waals surface area contributed by atoms with E-state index in [2.05, 4.69) is 35.6 Å². The standard InChI is InChI=1S/C26H29N5O3S/c1-17-11-7-9-13-20(17)23-22(26(3,4)5)24(34-21-14-10-8-12-18(21)2)29-25(28-23)30-35(32,33)19-15-27-31(6)16-19/h7-16H,1-6H3,(H,28,29,30). The summed E-state index contributed by atoms with van der Waals surface area (Å²) in [7, 11) is -2.31. The summed E-state index contributed by atoms with van der Waals surface area (Å²) in [6, 6.07) is 15.5. The number of aromatic nitrogens is 4. The Morgan fingerprint density at radius 3 is 2.20 bits per heavy atom. The highest BCUT2D eigenvalue weighted by molar-refractivity contribution is 7.92. The second-order valence-electron chi connectivity index (χ2n) is 9.46. The predicted molar refractivity (Wildman–Crippen MR) is 136 cm³/mol. The maximum absolute atomic E-state index is 13.0. The van der Waals surface area contributed by atoms with Crippen LogP contribution in [0.15, 0.2) is 65.8 Å². The van der Waals surface area contributed by atoms with Gasteiger partial charge in [-0.3, -0.25) is 4.68 Å². The van der Waals surface area contributed by atoms with Crippen LogP contribution in [0, 0.1) is 13.8 Å². The molecule has 0 saturated heterocycles. The molecule has 0 unspecified atom stereocenters. The molecule has 0 aliphatic carbocycles. The van der Waals surface area contributed by atoms with Gasteiger partial charge in [-0.15, -0.1) is 0 Å². The SMILES string of the molecule is Cc1ccccc1Oc1nc(NS(=O)(=O)c2cnn(C)c2)nc(-c2ccccc2C)c1C(C)(C)C. The molecule has 2 aromatic heterocycles. The van der Waals surface area contributed by atoms with Crippen LogP contribution in [-0.4, -0.2) is 28.2 Å². The van der Waals surface area contributed by atoms with Crippen molar-refractivity contribution in [3.63, 3.8) is 0 Å². The van der Waals surface area contributed by atoms with Crippen molar-refractivity contribution in [1.29, 1.82) is 0 Å². The van der Waals surface area contributed by atoms with Gasteiger partial charge in [0.2, 0.25) is 11.8 Å². The topological polar surface area (TPSA) is 99.0 Å². The second kappa shape index (κ2) is 9.14. The molecule has 0 radical (unpaired) electrons. The Labute approximate surface area is 206 Å². The highest BCUT2D eigenvalue weighted by atomic mass is 32.2. The van der Waals surface area contributed by atoms with E-state index in [0.29, 0.717) is 17.3 Å². The average Bonchev–Trinajstić information content (AvgIpc) is 3.22. The van der Waals surface area contributed by atoms with Gasteiger partial charge in [0.05, 0.1) is 11.9 Å². The summed E-state index contributed by atoms with van der Waals surface area (Å²) in [5.41, 5.74) is 3.78. The fourth-order valence-corrected chi connectivity index (χ4v) is 4.69. The summed E-state index contributed by atoms with van der Waals surface area (Å²) in [5.74, 6) is 0.848. The molecule has 0 saturated carbocycles. The van der Waals surface area contributed by atoms with E-state index in [9.17, 15) is 8.42 Å². The molecule has 35 heavy (non-hydrogen) atoms. The van der Waals surface area contributed by atoms with Crippen LogP contribution in [0.2, 0.25) is 0 Å². The summed E-state index contributed by atoms with van der Waals surface area (Å²) < 4.78 is 36.4. The molecule has 0 amide bonds. The summed E-state index contributed by atoms with van der Waals surface area (Å²) in [4.78, 5) is 9.28. The lowest BCUT2D eigenvalue weighted by Gasteiger charge is -2.26. The minimum atomic E-state index is -3.96. The largest absolute Gasteiger partial charge is 0.438 e. The number of ether oxygens (including phenoxy) is 1. The number of anilines is 1. The first kappa shape index (κ1) is 24.4. The fourth-order valence-electron chi connectivity index (χ4n) is 3.76. The molecule has 9 heteroatoms. The molecule has 2 aromatic carbocycles. The summed E-state index contributed by atoms with van der Waals surface area (Å²) in [6.45, 7) is 10.1. The van der Waals surface area contributed by atoms with Crippen LogP contribution in [0.5, 0.6) is 11.6 Å². The normalized spacial score (nSPS) is 11.9. The first-order valence-corrected chi connectivity index (χ1v) is 12.7. The molecule has 2 heterocycles. The molecule has 0 aliphatic rings. The Morgan fingerprint density at radius 1 is 0.943 bits per heavy atom. The van der Waals surface area contributed by atoms with E-state index >= 15 is 0 Å². The molecule has 0 spiro atoms. The van der Waals surface area contributed by atoms with Gasteiger partial charge >= 0.3 is 0 Å². The molecule has 4 aromatic rings. The van der Waals surface area contributed by atoms with Gasteiger partial charge in [0.1, 0.15) is 10.6 Å². The first-order valence-electron chi connectivity index (χ1n) is 11.2. The Kier molecular flexibility index (Phi) is 6.38. The molecule has 182 valence electrons. The molecule has 0 aliphatic heterocycles. The number of sulfonamides is 1. The molecule has 0 atom stereocenters. The van der Waals surface area contributed by atoms with E-state index in [1.807, 2.05) is 62.4 Å². The van der Waals surface area contributed by atoms with E-state index < -0.39 is 15.4 Å². The van der Waals surface area contributed by atoms with Gasteiger partial charge in [0.15, 0.2) is 0 Å². The van der Waals surface area contributed by atoms with E-state index in [0.717, 1.165) is 22.3 Å². The number of hydrogen-bond donors (Lipinski definition) is 1. The van der Waals surface area contributed by atoms with Gasteiger partial charge in [-0.2, -0.15) is 10.1 Å². The third-order valence-corrected chi connectivity index (χ3v) is 6.83. The minimum Gasteiger partial charge on any atom is -0.438 e. The molecule has 1 N–H and O–H groups in total. The molecular formula is C26H29N5O3S. The maximum atomic E-state index is 13.0. The van der Waals surface area contributed by atoms with E-state index in [4.69, 9.17) is 9.72 Å². The summed E-state index contributed by atoms with van der Waals surface area (Å²) in [6.07, 6.45) is 2.69. The monoisotopic (exact) mass is 491 g/mol. The van der Waals surface area contributed by atoms with Gasteiger partial charge in [-0.1, -0.05) is 63.2 Å². The highest BCUT2D eigenvalue weighted by Gasteiger charge is 2.30. The molecule has 4 rings (SSSR count). The maximum Gasteiger partial charge on any atom is 0.267 e. The Balaban J connectivity index is 1.95. The third-order valence-electron chi connectivity index (χ3n) is 5.54. The van der Waals surface area contributed by atoms with Crippen LogP contribution < -0.4 is 9.46 Å². The van der Waals surface area contributed by atoms with Crippen molar-refractivity contribution >= 4 is 16.0 Å². The number of rotatable bonds is 6. The second-order valence-corrected chi connectivity index (χ2v) is 11.1. The minimum absolute atomic E-state index is 0.0160. The molecule has 0 fully saturated rings. The van der Waals surface area contributed by atoms with Crippen LogP contribution in [0.3, 0.4) is 0 Å². The zero-order chi connectivity index (χ0) is 25.4. The fraction of sp³-hybridized carbons (Fsp3) is 0.269. The lowest BCUT2D eigenvalue weighted by molar-refractivity contribution is 0.434. The quantitative estimate of drug-likeness (QED) is 0.389. The van der Waals surface area contributed by atoms with Crippen molar-refractivity contribution in [2.24, 2.45) is 7.05 Å². The van der Waals surface area contributed by atoms with Crippen LogP contribution >= 0.6 is 0 Å². The van der Waals surface area contributed by atoms with Gasteiger partial charge in [-0.25, -0.2) is 18.1 Å². The van der Waals surface area contributed by atoms with Gasteiger partial charge in [0, 0.05) is 24.4 Å². The van der Waals surface area contributed by atoms with E-state index in [1.54, 1.807) is 7.05 Å². The summed E-state index contributed by atoms with van der Waals surface area (Å²) >= 11 is 0. The number of hydrogen-bond acceptors (Lipinski definition) is 6. The lowest BCUT2D eigenvalue weighted by Crippen LogP contribution is -2.20. The van der Waals surface area contributed by atoms with Gasteiger partial charge < -0.3 is 4.74 Å². The van der Waals surface area contributed by atoms with Crippen molar-refractivity contribution in [3.05, 3.63) is 77.6 Å². The van der Waals surface area contributed by atoms with Gasteiger partial charge in [0.25, 0.3) is 10.0 Å². The van der Waals surface area contributed by atoms with Crippen LogP contribution in [0.1, 0.15) is 37.5 Å². The Bertz CT molecular complexity index is 1490. The number of para-hydroxylation sites is 1. The number of nitrogens with one attached hydrogen (secondary N) is 1. The first-order chi connectivity index (χ1) is 16.5. The van der Waals surface area contributed by atoms with Crippen molar-refractivity contribution in [2.75, 3.05) is 4.72 Å². The zero-order valence-electron chi connectivity index (χ0n) is 20.7. The smallest absolute Gasteiger partial charge is 0.267 e. The predicted octanol–water partition coefficient (Wildman–Crippen LogP) is 5.38. The third kappa shape index (κ3) is 5.19. The average molecular weight is 492 g/mol. The van der Waals surface area contributed by atoms with E-state index in [1.165, 1.54) is 17.1 Å². The molecule has 0 bridgehead atoms. The Hall–Kier alpha value is -3.72. The number of nitrogens with zero attached hydrogens (tertiary/aromatic N) is 4. The van der Waals surface area contributed by atoms with Crippen molar-refractivity contribution < 1.29 is 13.2 Å². The van der Waals surface area contributed by atoms with Gasteiger partial charge in [-0.05, 0) is 36.5 Å². The zero-order valence-corrected chi connectivity index (χ0v) is 21.5. The summed E-state index contributed by atoms with van der Waals surface area (Å²) in [5, 5.41) is 3.96.